The molecule has 0 spiro atoms. The summed E-state index contributed by atoms with van der Waals surface area (Å²) in [6, 6.07) is 21.6. The van der Waals surface area contributed by atoms with Gasteiger partial charge in [-0.15, -0.1) is 0 Å². The van der Waals surface area contributed by atoms with E-state index in [2.05, 4.69) is 35.6 Å². The molecule has 0 aromatic heterocycles. The molecule has 1 N–H and O–H groups in total. The van der Waals surface area contributed by atoms with Gasteiger partial charge < -0.3 is 10.1 Å². The molecule has 2 nitrogen and oxygen atoms in total. The van der Waals surface area contributed by atoms with Crippen LogP contribution in [0, 0.1) is 0 Å². The van der Waals surface area contributed by atoms with Crippen LogP contribution in [0.15, 0.2) is 60.7 Å². The van der Waals surface area contributed by atoms with Crippen LogP contribution < -0.4 is 10.1 Å². The largest absolute Gasteiger partial charge is 0.494 e. The lowest BCUT2D eigenvalue weighted by Gasteiger charge is -2.18. The van der Waals surface area contributed by atoms with E-state index >= 15 is 0 Å². The molecule has 0 bridgehead atoms. The molecule has 0 heterocycles. The minimum Gasteiger partial charge on any atom is -0.494 e. The Morgan fingerprint density at radius 3 is 2.29 bits per heavy atom. The summed E-state index contributed by atoms with van der Waals surface area (Å²) in [6.07, 6.45) is 3.71. The van der Waals surface area contributed by atoms with E-state index in [1.807, 2.05) is 30.3 Å². The molecule has 110 valence electrons. The predicted octanol–water partition coefficient (Wildman–Crippen LogP) is 3.99. The van der Waals surface area contributed by atoms with E-state index in [-0.39, 0.29) is 0 Å². The lowest BCUT2D eigenvalue weighted by molar-refractivity contribution is 0.295. The van der Waals surface area contributed by atoms with Crippen LogP contribution in [0.4, 0.5) is 0 Å². The van der Waals surface area contributed by atoms with Crippen LogP contribution in [0.3, 0.4) is 0 Å². The Bertz CT molecular complexity index is 522. The van der Waals surface area contributed by atoms with Crippen LogP contribution in [0.1, 0.15) is 30.7 Å². The van der Waals surface area contributed by atoms with Gasteiger partial charge in [-0.05, 0) is 42.9 Å². The maximum absolute atomic E-state index is 5.85. The zero-order valence-electron chi connectivity index (χ0n) is 12.4. The molecule has 1 aliphatic rings. The summed E-state index contributed by atoms with van der Waals surface area (Å²) < 4.78 is 5.85. The van der Waals surface area contributed by atoms with Crippen LogP contribution in [0.25, 0.3) is 0 Å². The van der Waals surface area contributed by atoms with Crippen LogP contribution in [0.2, 0.25) is 0 Å². The molecular formula is C19H23NO. The average Bonchev–Trinajstić information content (AvgIpc) is 3.37. The Morgan fingerprint density at radius 2 is 1.62 bits per heavy atom. The number of ether oxygens (including phenoxy) is 1. The van der Waals surface area contributed by atoms with Gasteiger partial charge in [-0.1, -0.05) is 48.5 Å². The van der Waals surface area contributed by atoms with Gasteiger partial charge in [-0.25, -0.2) is 0 Å². The molecule has 0 saturated heterocycles. The SMILES string of the molecule is c1ccc(OCCC(CNC2CC2)c2ccccc2)cc1. The molecular weight excluding hydrogens is 258 g/mol. The van der Waals surface area contributed by atoms with Crippen molar-refractivity contribution < 1.29 is 4.74 Å². The summed E-state index contributed by atoms with van der Waals surface area (Å²) in [6.45, 7) is 1.81. The van der Waals surface area contributed by atoms with Crippen molar-refractivity contribution in [3.63, 3.8) is 0 Å². The summed E-state index contributed by atoms with van der Waals surface area (Å²) >= 11 is 0. The topological polar surface area (TPSA) is 21.3 Å². The van der Waals surface area contributed by atoms with Crippen LogP contribution in [-0.2, 0) is 0 Å². The molecule has 1 aliphatic carbocycles. The van der Waals surface area contributed by atoms with Crippen molar-refractivity contribution in [2.75, 3.05) is 13.2 Å². The second-order valence-electron chi connectivity index (χ2n) is 5.74. The maximum atomic E-state index is 5.85. The molecule has 0 amide bonds. The lowest BCUT2D eigenvalue weighted by Crippen LogP contribution is -2.24. The predicted molar refractivity (Wildman–Crippen MR) is 86.8 cm³/mol. The summed E-state index contributed by atoms with van der Waals surface area (Å²) in [5, 5.41) is 3.65. The monoisotopic (exact) mass is 281 g/mol. The van der Waals surface area contributed by atoms with Crippen molar-refractivity contribution in [1.29, 1.82) is 0 Å². The van der Waals surface area contributed by atoms with Crippen molar-refractivity contribution in [3.05, 3.63) is 66.2 Å². The summed E-state index contributed by atoms with van der Waals surface area (Å²) in [7, 11) is 0. The first-order chi connectivity index (χ1) is 10.4. The molecule has 1 unspecified atom stereocenters. The highest BCUT2D eigenvalue weighted by molar-refractivity contribution is 5.22. The Morgan fingerprint density at radius 1 is 0.952 bits per heavy atom. The molecule has 21 heavy (non-hydrogen) atoms. The number of rotatable bonds is 8. The second kappa shape index (κ2) is 7.28. The molecule has 0 radical (unpaired) electrons. The molecule has 1 atom stereocenters. The van der Waals surface area contributed by atoms with E-state index < -0.39 is 0 Å². The summed E-state index contributed by atoms with van der Waals surface area (Å²) in [5.41, 5.74) is 1.40. The Kier molecular flexibility index (Phi) is 4.90. The third kappa shape index (κ3) is 4.61. The fraction of sp³-hybridized carbons (Fsp3) is 0.368. The zero-order valence-corrected chi connectivity index (χ0v) is 12.4. The molecule has 2 aromatic rings. The number of benzene rings is 2. The first-order valence-electron chi connectivity index (χ1n) is 7.88. The highest BCUT2D eigenvalue weighted by atomic mass is 16.5. The molecule has 3 rings (SSSR count). The van der Waals surface area contributed by atoms with E-state index in [1.54, 1.807) is 0 Å². The van der Waals surface area contributed by atoms with Crippen molar-refractivity contribution in [1.82, 2.24) is 5.32 Å². The molecule has 2 heteroatoms. The van der Waals surface area contributed by atoms with Crippen molar-refractivity contribution in [3.8, 4) is 5.75 Å². The van der Waals surface area contributed by atoms with Crippen molar-refractivity contribution in [2.24, 2.45) is 0 Å². The van der Waals surface area contributed by atoms with Crippen LogP contribution in [-0.4, -0.2) is 19.2 Å². The number of hydrogen-bond acceptors (Lipinski definition) is 2. The van der Waals surface area contributed by atoms with Gasteiger partial charge in [0.2, 0.25) is 0 Å². The van der Waals surface area contributed by atoms with Crippen LogP contribution >= 0.6 is 0 Å². The standard InChI is InChI=1S/C19H23NO/c1-3-7-16(8-4-1)17(15-20-18-11-12-18)13-14-21-19-9-5-2-6-10-19/h1-10,17-18,20H,11-15H2. The number of hydrogen-bond donors (Lipinski definition) is 1. The number of para-hydroxylation sites is 1. The van der Waals surface area contributed by atoms with Gasteiger partial charge in [0.05, 0.1) is 6.61 Å². The Labute approximate surface area is 127 Å². The zero-order chi connectivity index (χ0) is 14.3. The van der Waals surface area contributed by atoms with E-state index in [9.17, 15) is 0 Å². The average molecular weight is 281 g/mol. The lowest BCUT2D eigenvalue weighted by atomic mass is 9.96. The van der Waals surface area contributed by atoms with Crippen molar-refractivity contribution >= 4 is 0 Å². The van der Waals surface area contributed by atoms with Crippen molar-refractivity contribution in [2.45, 2.75) is 31.2 Å². The van der Waals surface area contributed by atoms with E-state index in [0.717, 1.165) is 31.4 Å². The fourth-order valence-electron chi connectivity index (χ4n) is 2.54. The van der Waals surface area contributed by atoms with Gasteiger partial charge in [0.15, 0.2) is 0 Å². The third-order valence-electron chi connectivity index (χ3n) is 3.98. The minimum absolute atomic E-state index is 0.524. The first-order valence-corrected chi connectivity index (χ1v) is 7.88. The minimum atomic E-state index is 0.524. The summed E-state index contributed by atoms with van der Waals surface area (Å²) in [5.74, 6) is 1.48. The van der Waals surface area contributed by atoms with Gasteiger partial charge in [0.25, 0.3) is 0 Å². The molecule has 1 fully saturated rings. The van der Waals surface area contributed by atoms with Crippen LogP contribution in [0.5, 0.6) is 5.75 Å². The first kappa shape index (κ1) is 14.2. The van der Waals surface area contributed by atoms with E-state index in [0.29, 0.717) is 5.92 Å². The second-order valence-corrected chi connectivity index (χ2v) is 5.74. The molecule has 2 aromatic carbocycles. The summed E-state index contributed by atoms with van der Waals surface area (Å²) in [4.78, 5) is 0. The Hall–Kier alpha value is -1.80. The normalized spacial score (nSPS) is 15.6. The molecule has 1 saturated carbocycles. The molecule has 0 aliphatic heterocycles. The quantitative estimate of drug-likeness (QED) is 0.790. The number of nitrogens with one attached hydrogen (secondary N) is 1. The fourth-order valence-corrected chi connectivity index (χ4v) is 2.54. The van der Waals surface area contributed by atoms with E-state index in [1.165, 1.54) is 18.4 Å². The maximum Gasteiger partial charge on any atom is 0.119 e. The van der Waals surface area contributed by atoms with E-state index in [4.69, 9.17) is 4.74 Å². The van der Waals surface area contributed by atoms with Gasteiger partial charge in [-0.3, -0.25) is 0 Å². The van der Waals surface area contributed by atoms with Gasteiger partial charge in [-0.2, -0.15) is 0 Å². The smallest absolute Gasteiger partial charge is 0.119 e. The third-order valence-corrected chi connectivity index (χ3v) is 3.98. The highest BCUT2D eigenvalue weighted by Crippen LogP contribution is 2.23. The van der Waals surface area contributed by atoms with Gasteiger partial charge >= 0.3 is 0 Å². The Balaban J connectivity index is 1.53. The van der Waals surface area contributed by atoms with Gasteiger partial charge in [0, 0.05) is 12.6 Å². The van der Waals surface area contributed by atoms with Gasteiger partial charge in [0.1, 0.15) is 5.75 Å². The highest BCUT2D eigenvalue weighted by Gasteiger charge is 2.22.